The quantitative estimate of drug-likeness (QED) is 0.332. The number of likely N-dealkylation sites (tertiary alicyclic amines) is 1. The van der Waals surface area contributed by atoms with E-state index in [-0.39, 0.29) is 11.3 Å². The van der Waals surface area contributed by atoms with Crippen molar-refractivity contribution in [2.75, 3.05) is 27.4 Å². The van der Waals surface area contributed by atoms with Crippen LogP contribution in [0.5, 0.6) is 5.75 Å². The molecule has 1 amide bonds. The predicted octanol–water partition coefficient (Wildman–Crippen LogP) is 3.36. The van der Waals surface area contributed by atoms with Crippen molar-refractivity contribution in [1.82, 2.24) is 4.90 Å². The fourth-order valence-electron chi connectivity index (χ4n) is 3.54. The summed E-state index contributed by atoms with van der Waals surface area (Å²) in [4.78, 5) is 27.1. The van der Waals surface area contributed by atoms with Crippen molar-refractivity contribution in [3.05, 3.63) is 58.6 Å². The molecule has 1 N–H and O–H groups in total. The number of hydrogen-bond donors (Lipinski definition) is 1. The third-order valence-electron chi connectivity index (χ3n) is 4.93. The molecular weight excluding hydrogens is 374 g/mol. The number of aliphatic hydroxyl groups is 1. The van der Waals surface area contributed by atoms with Crippen LogP contribution < -0.4 is 4.74 Å². The standard InChI is InChI=1S/C22H25NO6/c1-13-6-8-16(28-4)15(12-13)20(24)18-19(17-9-7-14(2)29-17)23(10-5-11-27-3)22(26)21(18)25/h6-9,12,19,24H,5,10-11H2,1-4H3/b20-18+. The van der Waals surface area contributed by atoms with Crippen LogP contribution in [0.3, 0.4) is 0 Å². The van der Waals surface area contributed by atoms with E-state index < -0.39 is 17.7 Å². The molecule has 1 aromatic heterocycles. The van der Waals surface area contributed by atoms with Gasteiger partial charge in [-0.15, -0.1) is 0 Å². The SMILES string of the molecule is COCCCN1C(=O)C(=O)/C(=C(/O)c2cc(C)ccc2OC)C1c1ccc(C)o1. The number of carbonyl (C=O) groups excluding carboxylic acids is 2. The molecule has 0 saturated carbocycles. The Hall–Kier alpha value is -3.06. The largest absolute Gasteiger partial charge is 0.507 e. The molecule has 0 aliphatic carbocycles. The molecule has 1 atom stereocenters. The number of aliphatic hydroxyl groups excluding tert-OH is 1. The predicted molar refractivity (Wildman–Crippen MR) is 107 cm³/mol. The lowest BCUT2D eigenvalue weighted by molar-refractivity contribution is -0.140. The number of ether oxygens (including phenoxy) is 2. The number of carbonyl (C=O) groups is 2. The lowest BCUT2D eigenvalue weighted by Gasteiger charge is -2.23. The van der Waals surface area contributed by atoms with Crippen LogP contribution in [0.4, 0.5) is 0 Å². The molecule has 2 aromatic rings. The maximum Gasteiger partial charge on any atom is 0.295 e. The molecule has 0 radical (unpaired) electrons. The number of hydrogen-bond acceptors (Lipinski definition) is 6. The van der Waals surface area contributed by atoms with Gasteiger partial charge in [0.05, 0.1) is 18.2 Å². The molecule has 7 heteroatoms. The highest BCUT2D eigenvalue weighted by Gasteiger charge is 2.47. The third-order valence-corrected chi connectivity index (χ3v) is 4.93. The van der Waals surface area contributed by atoms with Crippen molar-refractivity contribution in [3.8, 4) is 5.75 Å². The van der Waals surface area contributed by atoms with Gasteiger partial charge in [0.15, 0.2) is 0 Å². The van der Waals surface area contributed by atoms with E-state index in [1.807, 2.05) is 13.0 Å². The van der Waals surface area contributed by atoms with Gasteiger partial charge in [0.2, 0.25) is 0 Å². The first-order chi connectivity index (χ1) is 13.9. The molecule has 0 spiro atoms. The molecule has 29 heavy (non-hydrogen) atoms. The van der Waals surface area contributed by atoms with Gasteiger partial charge in [0.1, 0.15) is 29.1 Å². The lowest BCUT2D eigenvalue weighted by atomic mass is 9.98. The number of benzene rings is 1. The van der Waals surface area contributed by atoms with Crippen LogP contribution in [0.1, 0.15) is 35.1 Å². The van der Waals surface area contributed by atoms with E-state index in [1.54, 1.807) is 38.3 Å². The molecule has 1 aliphatic heterocycles. The van der Waals surface area contributed by atoms with E-state index in [0.717, 1.165) is 5.56 Å². The summed E-state index contributed by atoms with van der Waals surface area (Å²) in [5.74, 6) is -0.219. The minimum Gasteiger partial charge on any atom is -0.507 e. The molecule has 1 aromatic carbocycles. The highest BCUT2D eigenvalue weighted by Crippen LogP contribution is 2.41. The van der Waals surface area contributed by atoms with Gasteiger partial charge in [0.25, 0.3) is 11.7 Å². The number of nitrogens with zero attached hydrogens (tertiary/aromatic N) is 1. The molecule has 1 fully saturated rings. The topological polar surface area (TPSA) is 89.2 Å². The minimum atomic E-state index is -0.814. The van der Waals surface area contributed by atoms with Gasteiger partial charge in [-0.1, -0.05) is 11.6 Å². The van der Waals surface area contributed by atoms with Crippen LogP contribution in [0.25, 0.3) is 5.76 Å². The van der Waals surface area contributed by atoms with E-state index in [9.17, 15) is 14.7 Å². The van der Waals surface area contributed by atoms with Crippen molar-refractivity contribution in [1.29, 1.82) is 0 Å². The molecule has 2 heterocycles. The molecule has 1 unspecified atom stereocenters. The van der Waals surface area contributed by atoms with Gasteiger partial charge in [-0.05, 0) is 44.5 Å². The van der Waals surface area contributed by atoms with Crippen molar-refractivity contribution < 1.29 is 28.6 Å². The molecule has 0 bridgehead atoms. The van der Waals surface area contributed by atoms with E-state index in [1.165, 1.54) is 12.0 Å². The summed E-state index contributed by atoms with van der Waals surface area (Å²) in [6.07, 6.45) is 0.549. The Balaban J connectivity index is 2.16. The third kappa shape index (κ3) is 3.91. The highest BCUT2D eigenvalue weighted by molar-refractivity contribution is 6.46. The molecular formula is C22H25NO6. The average Bonchev–Trinajstić information content (AvgIpc) is 3.23. The maximum absolute atomic E-state index is 12.9. The van der Waals surface area contributed by atoms with Crippen LogP contribution in [0.2, 0.25) is 0 Å². The zero-order chi connectivity index (χ0) is 21.1. The Morgan fingerprint density at radius 2 is 1.93 bits per heavy atom. The van der Waals surface area contributed by atoms with Gasteiger partial charge in [-0.2, -0.15) is 0 Å². The second kappa shape index (κ2) is 8.53. The fourth-order valence-corrected chi connectivity index (χ4v) is 3.54. The number of ketones is 1. The molecule has 7 nitrogen and oxygen atoms in total. The number of amides is 1. The first-order valence-electron chi connectivity index (χ1n) is 9.37. The van der Waals surface area contributed by atoms with Crippen LogP contribution >= 0.6 is 0 Å². The van der Waals surface area contributed by atoms with E-state index in [2.05, 4.69) is 0 Å². The Kier molecular flexibility index (Phi) is 6.08. The average molecular weight is 399 g/mol. The number of aryl methyl sites for hydroxylation is 2. The van der Waals surface area contributed by atoms with Crippen LogP contribution in [0, 0.1) is 13.8 Å². The fraction of sp³-hybridized carbons (Fsp3) is 0.364. The van der Waals surface area contributed by atoms with E-state index in [4.69, 9.17) is 13.9 Å². The first-order valence-corrected chi connectivity index (χ1v) is 9.37. The van der Waals surface area contributed by atoms with E-state index >= 15 is 0 Å². The highest BCUT2D eigenvalue weighted by atomic mass is 16.5. The van der Waals surface area contributed by atoms with Crippen molar-refractivity contribution >= 4 is 17.4 Å². The Morgan fingerprint density at radius 1 is 1.17 bits per heavy atom. The Labute approximate surface area is 169 Å². The summed E-state index contributed by atoms with van der Waals surface area (Å²) >= 11 is 0. The number of methoxy groups -OCH3 is 2. The minimum absolute atomic E-state index is 0.00864. The maximum atomic E-state index is 12.9. The second-order valence-corrected chi connectivity index (χ2v) is 6.99. The zero-order valence-electron chi connectivity index (χ0n) is 17.0. The van der Waals surface area contributed by atoms with Gasteiger partial charge in [0, 0.05) is 20.3 Å². The Bertz CT molecular complexity index is 958. The molecule has 1 saturated heterocycles. The summed E-state index contributed by atoms with van der Waals surface area (Å²) < 4.78 is 16.2. The number of Topliss-reactive ketones (excluding diaryl/α,β-unsaturated/α-hetero) is 1. The number of rotatable bonds is 7. The first kappa shape index (κ1) is 20.7. The summed E-state index contributed by atoms with van der Waals surface area (Å²) in [7, 11) is 3.06. The van der Waals surface area contributed by atoms with E-state index in [0.29, 0.717) is 42.4 Å². The van der Waals surface area contributed by atoms with Crippen LogP contribution in [0.15, 0.2) is 40.3 Å². The summed E-state index contributed by atoms with van der Waals surface area (Å²) in [6.45, 7) is 4.39. The smallest absolute Gasteiger partial charge is 0.295 e. The molecule has 1 aliphatic rings. The second-order valence-electron chi connectivity index (χ2n) is 6.99. The van der Waals surface area contributed by atoms with Gasteiger partial charge < -0.3 is 23.9 Å². The van der Waals surface area contributed by atoms with Crippen LogP contribution in [-0.4, -0.2) is 49.1 Å². The summed E-state index contributed by atoms with van der Waals surface area (Å²) in [6, 6.07) is 7.94. The van der Waals surface area contributed by atoms with Crippen molar-refractivity contribution in [3.63, 3.8) is 0 Å². The normalized spacial score (nSPS) is 18.5. The summed E-state index contributed by atoms with van der Waals surface area (Å²) in [5, 5.41) is 11.1. The van der Waals surface area contributed by atoms with Gasteiger partial charge in [-0.25, -0.2) is 0 Å². The van der Waals surface area contributed by atoms with Crippen LogP contribution in [-0.2, 0) is 14.3 Å². The Morgan fingerprint density at radius 3 is 2.55 bits per heavy atom. The lowest BCUT2D eigenvalue weighted by Crippen LogP contribution is -2.31. The monoisotopic (exact) mass is 399 g/mol. The van der Waals surface area contributed by atoms with Gasteiger partial charge >= 0.3 is 0 Å². The van der Waals surface area contributed by atoms with Crippen molar-refractivity contribution in [2.45, 2.75) is 26.3 Å². The molecule has 3 rings (SSSR count). The van der Waals surface area contributed by atoms with Gasteiger partial charge in [-0.3, -0.25) is 9.59 Å². The summed E-state index contributed by atoms with van der Waals surface area (Å²) in [5.41, 5.74) is 1.23. The van der Waals surface area contributed by atoms with Crippen molar-refractivity contribution in [2.24, 2.45) is 0 Å². The zero-order valence-corrected chi connectivity index (χ0v) is 17.0. The number of furan rings is 1. The molecule has 154 valence electrons.